The molecule has 0 aromatic rings. The van der Waals surface area contributed by atoms with Gasteiger partial charge in [0.25, 0.3) is 0 Å². The van der Waals surface area contributed by atoms with Crippen LogP contribution in [0.4, 0.5) is 0 Å². The standard InChI is InChI=1S/C21H38N2O2/c1-2-19-16-12-13-17-23(19)21(25)20(24)22-18-14-10-8-6-4-3-5-7-9-11-15-18/h18-19H,2-17H2,1H3,(H,22,24). The van der Waals surface area contributed by atoms with Crippen molar-refractivity contribution in [2.24, 2.45) is 0 Å². The zero-order valence-electron chi connectivity index (χ0n) is 16.2. The second-order valence-electron chi connectivity index (χ2n) is 7.99. The predicted molar refractivity (Wildman–Crippen MR) is 102 cm³/mol. The maximum absolute atomic E-state index is 12.6. The highest BCUT2D eigenvalue weighted by Crippen LogP contribution is 2.20. The van der Waals surface area contributed by atoms with Crippen LogP contribution in [0.3, 0.4) is 0 Å². The molecule has 1 saturated heterocycles. The van der Waals surface area contributed by atoms with E-state index in [0.29, 0.717) is 0 Å². The van der Waals surface area contributed by atoms with Crippen molar-refractivity contribution < 1.29 is 9.59 Å². The van der Waals surface area contributed by atoms with Crippen molar-refractivity contribution in [3.8, 4) is 0 Å². The minimum Gasteiger partial charge on any atom is -0.345 e. The fraction of sp³-hybridized carbons (Fsp3) is 0.905. The smallest absolute Gasteiger partial charge is 0.312 e. The van der Waals surface area contributed by atoms with Crippen molar-refractivity contribution in [3.63, 3.8) is 0 Å². The van der Waals surface area contributed by atoms with Gasteiger partial charge in [-0.25, -0.2) is 0 Å². The van der Waals surface area contributed by atoms with E-state index in [-0.39, 0.29) is 23.9 Å². The fourth-order valence-electron chi connectivity index (χ4n) is 4.38. The number of carbonyl (C=O) groups is 2. The molecule has 4 nitrogen and oxygen atoms in total. The molecule has 0 aromatic carbocycles. The lowest BCUT2D eigenvalue weighted by Crippen LogP contribution is -2.51. The summed E-state index contributed by atoms with van der Waals surface area (Å²) in [5.74, 6) is -0.657. The molecule has 0 spiro atoms. The van der Waals surface area contributed by atoms with Crippen LogP contribution in [-0.4, -0.2) is 35.3 Å². The molecule has 1 aliphatic carbocycles. The zero-order valence-corrected chi connectivity index (χ0v) is 16.2. The average Bonchev–Trinajstić information content (AvgIpc) is 2.63. The van der Waals surface area contributed by atoms with E-state index in [9.17, 15) is 9.59 Å². The van der Waals surface area contributed by atoms with Crippen LogP contribution in [0.1, 0.15) is 103 Å². The second-order valence-corrected chi connectivity index (χ2v) is 7.99. The van der Waals surface area contributed by atoms with Gasteiger partial charge in [-0.05, 0) is 38.5 Å². The van der Waals surface area contributed by atoms with Crippen molar-refractivity contribution in [2.45, 2.75) is 115 Å². The van der Waals surface area contributed by atoms with Gasteiger partial charge in [-0.2, -0.15) is 0 Å². The minimum absolute atomic E-state index is 0.181. The van der Waals surface area contributed by atoms with Crippen LogP contribution in [-0.2, 0) is 9.59 Å². The van der Waals surface area contributed by atoms with E-state index in [1.807, 2.05) is 4.90 Å². The van der Waals surface area contributed by atoms with Gasteiger partial charge in [0, 0.05) is 18.6 Å². The van der Waals surface area contributed by atoms with Crippen LogP contribution in [0.25, 0.3) is 0 Å². The Hall–Kier alpha value is -1.06. The van der Waals surface area contributed by atoms with Crippen LogP contribution in [0.15, 0.2) is 0 Å². The highest BCUT2D eigenvalue weighted by molar-refractivity contribution is 6.35. The van der Waals surface area contributed by atoms with E-state index in [1.54, 1.807) is 0 Å². The van der Waals surface area contributed by atoms with Crippen molar-refractivity contribution in [3.05, 3.63) is 0 Å². The molecule has 2 rings (SSSR count). The van der Waals surface area contributed by atoms with E-state index in [1.165, 1.54) is 64.2 Å². The Kier molecular flexibility index (Phi) is 9.35. The van der Waals surface area contributed by atoms with Crippen molar-refractivity contribution in [1.82, 2.24) is 10.2 Å². The predicted octanol–water partition coefficient (Wildman–Crippen LogP) is 4.57. The minimum atomic E-state index is -0.363. The normalized spacial score (nSPS) is 24.8. The first-order chi connectivity index (χ1) is 12.2. The summed E-state index contributed by atoms with van der Waals surface area (Å²) in [4.78, 5) is 27.0. The Balaban J connectivity index is 1.85. The summed E-state index contributed by atoms with van der Waals surface area (Å²) in [7, 11) is 0. The first-order valence-electron chi connectivity index (χ1n) is 10.8. The lowest BCUT2D eigenvalue weighted by atomic mass is 9.97. The van der Waals surface area contributed by atoms with Crippen LogP contribution in [0.5, 0.6) is 0 Å². The molecule has 2 fully saturated rings. The molecule has 1 atom stereocenters. The summed E-state index contributed by atoms with van der Waals surface area (Å²) >= 11 is 0. The molecule has 4 heteroatoms. The molecule has 2 aliphatic rings. The monoisotopic (exact) mass is 350 g/mol. The van der Waals surface area contributed by atoms with Crippen molar-refractivity contribution in [1.29, 1.82) is 0 Å². The number of nitrogens with zero attached hydrogens (tertiary/aromatic N) is 1. The van der Waals surface area contributed by atoms with E-state index in [4.69, 9.17) is 0 Å². The van der Waals surface area contributed by atoms with Gasteiger partial charge >= 0.3 is 11.8 Å². The van der Waals surface area contributed by atoms with Crippen molar-refractivity contribution >= 4 is 11.8 Å². The Morgan fingerprint density at radius 3 is 1.88 bits per heavy atom. The molecule has 2 amide bonds. The highest BCUT2D eigenvalue weighted by Gasteiger charge is 2.30. The highest BCUT2D eigenvalue weighted by atomic mass is 16.2. The summed E-state index contributed by atoms with van der Waals surface area (Å²) in [6.45, 7) is 2.86. The molecule has 144 valence electrons. The Bertz CT molecular complexity index is 399. The molecule has 25 heavy (non-hydrogen) atoms. The van der Waals surface area contributed by atoms with Crippen LogP contribution >= 0.6 is 0 Å². The molecule has 1 aliphatic heterocycles. The number of amides is 2. The number of piperidine rings is 1. The number of carbonyl (C=O) groups excluding carboxylic acids is 2. The molecule has 1 unspecified atom stereocenters. The van der Waals surface area contributed by atoms with Gasteiger partial charge in [-0.15, -0.1) is 0 Å². The Labute approximate surface area is 154 Å². The zero-order chi connectivity index (χ0) is 17.9. The molecular formula is C21H38N2O2. The van der Waals surface area contributed by atoms with Crippen LogP contribution in [0.2, 0.25) is 0 Å². The molecular weight excluding hydrogens is 312 g/mol. The summed E-state index contributed by atoms with van der Waals surface area (Å²) in [5.41, 5.74) is 0. The van der Waals surface area contributed by atoms with E-state index in [0.717, 1.165) is 38.6 Å². The average molecular weight is 351 g/mol. The molecule has 0 bridgehead atoms. The summed E-state index contributed by atoms with van der Waals surface area (Å²) in [6, 6.07) is 0.434. The van der Waals surface area contributed by atoms with E-state index >= 15 is 0 Å². The quantitative estimate of drug-likeness (QED) is 0.742. The topological polar surface area (TPSA) is 49.4 Å². The molecule has 0 aromatic heterocycles. The van der Waals surface area contributed by atoms with Crippen LogP contribution < -0.4 is 5.32 Å². The fourth-order valence-corrected chi connectivity index (χ4v) is 4.38. The molecule has 0 radical (unpaired) electrons. The SMILES string of the molecule is CCC1CCCCN1C(=O)C(=O)NC1CCCCCCCCCCC1. The van der Waals surface area contributed by atoms with Gasteiger partial charge in [0.05, 0.1) is 0 Å². The number of hydrogen-bond acceptors (Lipinski definition) is 2. The Morgan fingerprint density at radius 1 is 0.800 bits per heavy atom. The lowest BCUT2D eigenvalue weighted by molar-refractivity contribution is -0.148. The number of likely N-dealkylation sites (tertiary alicyclic amines) is 1. The number of nitrogens with one attached hydrogen (secondary N) is 1. The van der Waals surface area contributed by atoms with Gasteiger partial charge in [-0.3, -0.25) is 9.59 Å². The molecule has 1 heterocycles. The third-order valence-corrected chi connectivity index (χ3v) is 5.99. The third-order valence-electron chi connectivity index (χ3n) is 5.99. The van der Waals surface area contributed by atoms with E-state index in [2.05, 4.69) is 12.2 Å². The Morgan fingerprint density at radius 2 is 1.32 bits per heavy atom. The van der Waals surface area contributed by atoms with Gasteiger partial charge in [0.2, 0.25) is 0 Å². The van der Waals surface area contributed by atoms with Gasteiger partial charge in [0.1, 0.15) is 0 Å². The van der Waals surface area contributed by atoms with E-state index < -0.39 is 0 Å². The maximum atomic E-state index is 12.6. The van der Waals surface area contributed by atoms with Gasteiger partial charge < -0.3 is 10.2 Å². The first kappa shape index (κ1) is 20.3. The van der Waals surface area contributed by atoms with Gasteiger partial charge in [-0.1, -0.05) is 64.7 Å². The summed E-state index contributed by atoms with van der Waals surface area (Å²) in [6.07, 6.45) is 17.8. The maximum Gasteiger partial charge on any atom is 0.312 e. The second kappa shape index (κ2) is 11.5. The largest absolute Gasteiger partial charge is 0.345 e. The summed E-state index contributed by atoms with van der Waals surface area (Å²) < 4.78 is 0. The van der Waals surface area contributed by atoms with Gasteiger partial charge in [0.15, 0.2) is 0 Å². The molecule has 1 N–H and O–H groups in total. The number of hydrogen-bond donors (Lipinski definition) is 1. The number of rotatable bonds is 2. The lowest BCUT2D eigenvalue weighted by Gasteiger charge is -2.35. The van der Waals surface area contributed by atoms with Crippen molar-refractivity contribution in [2.75, 3.05) is 6.54 Å². The first-order valence-corrected chi connectivity index (χ1v) is 10.8. The summed E-state index contributed by atoms with van der Waals surface area (Å²) in [5, 5.41) is 3.08. The molecule has 1 saturated carbocycles. The third kappa shape index (κ3) is 6.99. The van der Waals surface area contributed by atoms with Crippen LogP contribution in [0, 0.1) is 0 Å².